The highest BCUT2D eigenvalue weighted by molar-refractivity contribution is 5.94. The Labute approximate surface area is 220 Å². The van der Waals surface area contributed by atoms with Crippen LogP contribution in [0.4, 0.5) is 4.39 Å². The molecule has 0 saturated carbocycles. The van der Waals surface area contributed by atoms with Crippen LogP contribution < -0.4 is 10.6 Å². The second kappa shape index (κ2) is 13.0. The van der Waals surface area contributed by atoms with E-state index in [0.717, 1.165) is 62.5 Å². The largest absolute Gasteiger partial charge is 0.348 e. The maximum absolute atomic E-state index is 14.9. The molecule has 0 aliphatic carbocycles. The topological polar surface area (TPSA) is 47.6 Å². The number of carbonyl (C=O) groups excluding carboxylic acids is 1. The van der Waals surface area contributed by atoms with E-state index in [-0.39, 0.29) is 11.7 Å². The summed E-state index contributed by atoms with van der Waals surface area (Å²) in [5, 5.41) is 6.47. The number of carbonyl (C=O) groups is 1. The van der Waals surface area contributed by atoms with Crippen LogP contribution >= 0.6 is 0 Å². The number of nitrogens with zero attached hydrogens (tertiary/aromatic N) is 2. The van der Waals surface area contributed by atoms with Gasteiger partial charge in [0.2, 0.25) is 0 Å². The molecule has 4 rings (SSSR count). The maximum Gasteiger partial charge on any atom is 0.251 e. The van der Waals surface area contributed by atoms with Gasteiger partial charge >= 0.3 is 0 Å². The van der Waals surface area contributed by atoms with Gasteiger partial charge in [-0.25, -0.2) is 4.39 Å². The fourth-order valence-corrected chi connectivity index (χ4v) is 4.96. The first-order valence-corrected chi connectivity index (χ1v) is 13.4. The van der Waals surface area contributed by atoms with Gasteiger partial charge in [-0.3, -0.25) is 14.6 Å². The monoisotopic (exact) mass is 502 g/mol. The van der Waals surface area contributed by atoms with Gasteiger partial charge in [-0.15, -0.1) is 0 Å². The minimum absolute atomic E-state index is 0.125. The van der Waals surface area contributed by atoms with Crippen molar-refractivity contribution >= 4 is 5.91 Å². The van der Waals surface area contributed by atoms with E-state index in [4.69, 9.17) is 0 Å². The van der Waals surface area contributed by atoms with Crippen molar-refractivity contribution in [2.24, 2.45) is 0 Å². The van der Waals surface area contributed by atoms with Crippen LogP contribution in [0.1, 0.15) is 47.8 Å². The standard InChI is InChI=1S/C31H39FN4O/c1-4-35(5-2)21-26-9-7-11-28(17-26)31(37)34-19-24-12-13-30(32)29(18-24)27-10-6-8-25(16-27)22-36-15-14-33-23(3)20-36/h6-13,16-18,23,33H,4-5,14-15,19-22H2,1-3H3,(H,34,37)/t23-/m0/s1. The highest BCUT2D eigenvalue weighted by Crippen LogP contribution is 2.26. The normalized spacial score (nSPS) is 16.2. The third-order valence-electron chi connectivity index (χ3n) is 7.07. The summed E-state index contributed by atoms with van der Waals surface area (Å²) in [6, 6.07) is 21.5. The van der Waals surface area contributed by atoms with Crippen LogP contribution in [0.3, 0.4) is 0 Å². The molecule has 0 unspecified atom stereocenters. The molecule has 196 valence electrons. The molecule has 3 aromatic carbocycles. The lowest BCUT2D eigenvalue weighted by Crippen LogP contribution is -2.48. The van der Waals surface area contributed by atoms with Crippen LogP contribution in [0, 0.1) is 5.82 Å². The van der Waals surface area contributed by atoms with Gasteiger partial charge in [-0.2, -0.15) is 0 Å². The van der Waals surface area contributed by atoms with Gasteiger partial charge in [0.05, 0.1) is 0 Å². The van der Waals surface area contributed by atoms with Crippen LogP contribution in [-0.4, -0.2) is 54.5 Å². The first-order valence-electron chi connectivity index (χ1n) is 13.4. The molecular weight excluding hydrogens is 463 g/mol. The van der Waals surface area contributed by atoms with Crippen molar-refractivity contribution in [2.45, 2.75) is 46.4 Å². The predicted octanol–water partition coefficient (Wildman–Crippen LogP) is 5.06. The van der Waals surface area contributed by atoms with E-state index in [2.05, 4.69) is 59.4 Å². The second-order valence-corrected chi connectivity index (χ2v) is 9.95. The average Bonchev–Trinajstić information content (AvgIpc) is 2.91. The zero-order valence-corrected chi connectivity index (χ0v) is 22.3. The molecule has 5 nitrogen and oxygen atoms in total. The fourth-order valence-electron chi connectivity index (χ4n) is 4.96. The maximum atomic E-state index is 14.9. The average molecular weight is 503 g/mol. The highest BCUT2D eigenvalue weighted by atomic mass is 19.1. The number of hydrogen-bond donors (Lipinski definition) is 2. The van der Waals surface area contributed by atoms with Gasteiger partial charge in [-0.05, 0) is 72.6 Å². The Bertz CT molecular complexity index is 1190. The summed E-state index contributed by atoms with van der Waals surface area (Å²) in [6.45, 7) is 13.4. The number of benzene rings is 3. The van der Waals surface area contributed by atoms with Gasteiger partial charge in [0.15, 0.2) is 0 Å². The Morgan fingerprint density at radius 2 is 1.81 bits per heavy atom. The first-order chi connectivity index (χ1) is 17.9. The van der Waals surface area contributed by atoms with Crippen molar-refractivity contribution in [1.29, 1.82) is 0 Å². The van der Waals surface area contributed by atoms with E-state index in [1.165, 1.54) is 11.6 Å². The van der Waals surface area contributed by atoms with Gasteiger partial charge in [0.25, 0.3) is 5.91 Å². The summed E-state index contributed by atoms with van der Waals surface area (Å²) in [6.07, 6.45) is 0. The van der Waals surface area contributed by atoms with Crippen LogP contribution in [0.25, 0.3) is 11.1 Å². The molecule has 1 heterocycles. The lowest BCUT2D eigenvalue weighted by atomic mass is 10.00. The molecule has 2 N–H and O–H groups in total. The minimum Gasteiger partial charge on any atom is -0.348 e. The van der Waals surface area contributed by atoms with Crippen LogP contribution in [0.2, 0.25) is 0 Å². The molecule has 1 amide bonds. The molecule has 1 aliphatic rings. The van der Waals surface area contributed by atoms with E-state index < -0.39 is 0 Å². The Morgan fingerprint density at radius 1 is 1.03 bits per heavy atom. The zero-order valence-electron chi connectivity index (χ0n) is 22.3. The molecule has 0 bridgehead atoms. The van der Waals surface area contributed by atoms with Crippen LogP contribution in [-0.2, 0) is 19.6 Å². The first kappa shape index (κ1) is 27.0. The predicted molar refractivity (Wildman–Crippen MR) is 149 cm³/mol. The van der Waals surface area contributed by atoms with Gasteiger partial charge in [-0.1, -0.05) is 50.2 Å². The minimum atomic E-state index is -0.257. The number of rotatable bonds is 10. The third-order valence-corrected chi connectivity index (χ3v) is 7.07. The van der Waals surface area contributed by atoms with Crippen molar-refractivity contribution in [3.63, 3.8) is 0 Å². The second-order valence-electron chi connectivity index (χ2n) is 9.95. The van der Waals surface area contributed by atoms with Crippen molar-refractivity contribution in [1.82, 2.24) is 20.4 Å². The van der Waals surface area contributed by atoms with E-state index in [0.29, 0.717) is 23.7 Å². The molecule has 1 atom stereocenters. The van der Waals surface area contributed by atoms with Gasteiger partial charge < -0.3 is 10.6 Å². The smallest absolute Gasteiger partial charge is 0.251 e. The van der Waals surface area contributed by atoms with E-state index in [9.17, 15) is 9.18 Å². The fraction of sp³-hybridized carbons (Fsp3) is 0.387. The number of amides is 1. The summed E-state index contributed by atoms with van der Waals surface area (Å²) in [5.74, 6) is -0.383. The molecule has 37 heavy (non-hydrogen) atoms. The van der Waals surface area contributed by atoms with Crippen molar-refractivity contribution in [3.8, 4) is 11.1 Å². The van der Waals surface area contributed by atoms with Crippen molar-refractivity contribution < 1.29 is 9.18 Å². The number of hydrogen-bond acceptors (Lipinski definition) is 4. The third kappa shape index (κ3) is 7.48. The van der Waals surface area contributed by atoms with Crippen molar-refractivity contribution in [3.05, 3.63) is 94.8 Å². The molecule has 0 spiro atoms. The number of halogens is 1. The number of piperazine rings is 1. The lowest BCUT2D eigenvalue weighted by molar-refractivity contribution is 0.0950. The molecule has 0 radical (unpaired) electrons. The SMILES string of the molecule is CCN(CC)Cc1cccc(C(=O)NCc2ccc(F)c(-c3cccc(CN4CCN[C@@H](C)C4)c3)c2)c1. The highest BCUT2D eigenvalue weighted by Gasteiger charge is 2.16. The van der Waals surface area contributed by atoms with Gasteiger partial charge in [0, 0.05) is 56.4 Å². The Hall–Kier alpha value is -3.06. The number of nitrogens with one attached hydrogen (secondary N) is 2. The summed E-state index contributed by atoms with van der Waals surface area (Å²) in [7, 11) is 0. The van der Waals surface area contributed by atoms with Crippen LogP contribution in [0.15, 0.2) is 66.7 Å². The molecule has 1 saturated heterocycles. The molecule has 3 aromatic rings. The summed E-state index contributed by atoms with van der Waals surface area (Å²) >= 11 is 0. The Kier molecular flexibility index (Phi) is 9.45. The summed E-state index contributed by atoms with van der Waals surface area (Å²) in [5.41, 5.74) is 5.22. The lowest BCUT2D eigenvalue weighted by Gasteiger charge is -2.31. The molecular formula is C31H39FN4O. The van der Waals surface area contributed by atoms with Crippen molar-refractivity contribution in [2.75, 3.05) is 32.7 Å². The Morgan fingerprint density at radius 3 is 2.59 bits per heavy atom. The summed E-state index contributed by atoms with van der Waals surface area (Å²) < 4.78 is 14.9. The van der Waals surface area contributed by atoms with E-state index >= 15 is 0 Å². The van der Waals surface area contributed by atoms with E-state index in [1.807, 2.05) is 36.4 Å². The van der Waals surface area contributed by atoms with Gasteiger partial charge in [0.1, 0.15) is 5.82 Å². The quantitative estimate of drug-likeness (QED) is 0.407. The summed E-state index contributed by atoms with van der Waals surface area (Å²) in [4.78, 5) is 17.6. The zero-order chi connectivity index (χ0) is 26.2. The molecule has 6 heteroatoms. The van der Waals surface area contributed by atoms with E-state index in [1.54, 1.807) is 6.07 Å². The van der Waals surface area contributed by atoms with Crippen LogP contribution in [0.5, 0.6) is 0 Å². The molecule has 0 aromatic heterocycles. The Balaban J connectivity index is 1.42. The molecule has 1 fully saturated rings. The molecule has 1 aliphatic heterocycles.